The molecule has 60 heavy (non-hydrogen) atoms. The second kappa shape index (κ2) is 17.6. The monoisotopic (exact) mass is 832 g/mol. The Hall–Kier alpha value is -4.34. The van der Waals surface area contributed by atoms with Gasteiger partial charge in [0.1, 0.15) is 33.4 Å². The van der Waals surface area contributed by atoms with Gasteiger partial charge in [0.15, 0.2) is 5.75 Å². The molecule has 2 aromatic carbocycles. The summed E-state index contributed by atoms with van der Waals surface area (Å²) in [7, 11) is 1.48. The number of aliphatic hydroxyl groups is 2. The third-order valence-corrected chi connectivity index (χ3v) is 13.3. The van der Waals surface area contributed by atoms with Gasteiger partial charge in [-0.15, -0.1) is 0 Å². The molecule has 14 nitrogen and oxygen atoms in total. The Morgan fingerprint density at radius 2 is 1.65 bits per heavy atom. The normalized spacial score (nSPS) is 33.2. The number of esters is 1. The highest BCUT2D eigenvalue weighted by Crippen LogP contribution is 2.48. The number of hydrogen-bond donors (Lipinski definition) is 5. The van der Waals surface area contributed by atoms with E-state index in [0.717, 1.165) is 19.6 Å². The molecular formula is C46H64N4O10. The summed E-state index contributed by atoms with van der Waals surface area (Å²) in [4.78, 5) is 40.4. The van der Waals surface area contributed by atoms with Crippen LogP contribution in [0.5, 0.6) is 17.2 Å². The summed E-state index contributed by atoms with van der Waals surface area (Å²) in [5.74, 6) is -3.30. The molecule has 6 bridgehead atoms. The minimum absolute atomic E-state index is 0.00998. The fourth-order valence-corrected chi connectivity index (χ4v) is 9.39. The number of rotatable bonds is 5. The van der Waals surface area contributed by atoms with Crippen molar-refractivity contribution >= 4 is 28.3 Å². The van der Waals surface area contributed by atoms with Gasteiger partial charge in [-0.2, -0.15) is 0 Å². The Morgan fingerprint density at radius 3 is 2.27 bits per heavy atom. The number of nitrogens with zero attached hydrogens (tertiary/aromatic N) is 3. The molecule has 7 aliphatic rings. The molecule has 1 amide bonds. The number of anilines is 1. The van der Waals surface area contributed by atoms with Gasteiger partial charge in [-0.25, -0.2) is 9.79 Å². The number of aliphatic hydroxyl groups excluding tert-OH is 2. The highest BCUT2D eigenvalue weighted by molar-refractivity contribution is 6.16. The summed E-state index contributed by atoms with van der Waals surface area (Å²) in [5, 5.41) is 50.6. The first-order valence-electron chi connectivity index (χ1n) is 21.3. The molecule has 5 N–H and O–H groups in total. The number of carbonyl (C=O) groups is 2. The zero-order chi connectivity index (χ0) is 44.0. The van der Waals surface area contributed by atoms with Crippen LogP contribution < -0.4 is 20.8 Å². The van der Waals surface area contributed by atoms with E-state index in [9.17, 15) is 30.0 Å². The number of benzene rings is 2. The van der Waals surface area contributed by atoms with Crippen molar-refractivity contribution in [3.05, 3.63) is 58.0 Å². The predicted octanol–water partition coefficient (Wildman–Crippen LogP) is 5.22. The number of phenolic OH excluding ortho intramolecular Hbond substituents is 2. The molecular weight excluding hydrogens is 769 g/mol. The largest absolute Gasteiger partial charge is 0.507 e. The number of aromatic hydroxyl groups is 2. The lowest BCUT2D eigenvalue weighted by Crippen LogP contribution is -2.60. The maximum absolute atomic E-state index is 14.5. The van der Waals surface area contributed by atoms with E-state index in [0.29, 0.717) is 24.4 Å². The Kier molecular flexibility index (Phi) is 13.2. The van der Waals surface area contributed by atoms with E-state index in [2.05, 4.69) is 29.1 Å². The van der Waals surface area contributed by atoms with Crippen LogP contribution in [0.4, 0.5) is 5.69 Å². The predicted molar refractivity (Wildman–Crippen MR) is 228 cm³/mol. The number of likely N-dealkylation sites (tertiary alicyclic amines) is 1. The van der Waals surface area contributed by atoms with Gasteiger partial charge in [0.2, 0.25) is 0 Å². The summed E-state index contributed by atoms with van der Waals surface area (Å²) in [5.41, 5.74) is -0.870. The number of nitrogens with one attached hydrogen (secondary N) is 1. The molecule has 14 heteroatoms. The van der Waals surface area contributed by atoms with Crippen molar-refractivity contribution in [3.8, 4) is 17.2 Å². The smallest absolute Gasteiger partial charge is 0.347 e. The molecule has 2 saturated heterocycles. The number of hydrogen-bond acceptors (Lipinski definition) is 13. The second-order valence-corrected chi connectivity index (χ2v) is 17.9. The standard InChI is InChI=1S/C46H64N4O10/c1-12-58-42-28(8)39(53)32-31-33(42)44(56)59-21-15-30(57-11)25(5)37(51)26(6)38(52)27(7)41-29(9)45(10,60-41)16-13-14-24(4)43(55)47-36(40(32)54)35-34(31)48-46(49-35)17-19-50(20-18-46)22-23(2)3/h13-16,21,23,25-27,29-30,37-38,41,48,51-54H,12,17-20,22H2,1-11H3/b16-13+,21-15+,24-14-,47-36?/t25-,26+,27+,29-,30+,37-,38+,41-,45+/m1/s1. The third kappa shape index (κ3) is 8.21. The van der Waals surface area contributed by atoms with E-state index < -0.39 is 59.0 Å². The Labute approximate surface area is 352 Å². The van der Waals surface area contributed by atoms with Crippen LogP contribution in [0.25, 0.3) is 10.8 Å². The lowest BCUT2D eigenvalue weighted by atomic mass is 9.70. The first-order chi connectivity index (χ1) is 28.3. The molecule has 9 atom stereocenters. The van der Waals surface area contributed by atoms with Crippen LogP contribution in [0.1, 0.15) is 91.1 Å². The molecule has 0 aliphatic carbocycles. The van der Waals surface area contributed by atoms with Crippen molar-refractivity contribution < 1.29 is 49.0 Å². The Morgan fingerprint density at radius 1 is 0.983 bits per heavy atom. The SMILES string of the molecule is CCOc1c(C)c(O)c2c(O)c3c4c(c2c1C(=O)O/C=C/[C@H](OC)[C@@H](C)[C@@H](O)[C@H](C)[C@H](O)[C@H](C)[C@H]1O[C@@](C)(/C=C/C=C(/C)C(=O)N=3)[C@@H]1C)NC1(CCN(CC(C)C)CC1)N=4. The van der Waals surface area contributed by atoms with Crippen molar-refractivity contribution in [1.29, 1.82) is 0 Å². The van der Waals surface area contributed by atoms with Gasteiger partial charge in [0.25, 0.3) is 5.91 Å². The van der Waals surface area contributed by atoms with Crippen molar-refractivity contribution in [2.24, 2.45) is 39.6 Å². The van der Waals surface area contributed by atoms with E-state index in [1.165, 1.54) is 19.4 Å². The van der Waals surface area contributed by atoms with E-state index in [1.807, 2.05) is 26.8 Å². The molecule has 0 unspecified atom stereocenters. The molecule has 328 valence electrons. The maximum Gasteiger partial charge on any atom is 0.347 e. The zero-order valence-electron chi connectivity index (χ0n) is 36.9. The first-order valence-corrected chi connectivity index (χ1v) is 21.3. The average Bonchev–Trinajstić information content (AvgIpc) is 3.59. The molecule has 0 aromatic heterocycles. The molecule has 0 saturated carbocycles. The second-order valence-electron chi connectivity index (χ2n) is 17.9. The van der Waals surface area contributed by atoms with Crippen LogP contribution in [0.2, 0.25) is 0 Å². The van der Waals surface area contributed by atoms with Crippen LogP contribution in [-0.2, 0) is 19.0 Å². The molecule has 7 aliphatic heterocycles. The maximum atomic E-state index is 14.5. The Bertz CT molecular complexity index is 2210. The van der Waals surface area contributed by atoms with Crippen LogP contribution in [-0.4, -0.2) is 106 Å². The van der Waals surface area contributed by atoms with Gasteiger partial charge in [-0.1, -0.05) is 59.8 Å². The average molecular weight is 833 g/mol. The summed E-state index contributed by atoms with van der Waals surface area (Å²) in [6.45, 7) is 21.3. The van der Waals surface area contributed by atoms with Crippen molar-refractivity contribution in [3.63, 3.8) is 0 Å². The summed E-state index contributed by atoms with van der Waals surface area (Å²) in [6, 6.07) is 0. The van der Waals surface area contributed by atoms with Gasteiger partial charge in [0, 0.05) is 79.8 Å². The lowest BCUT2D eigenvalue weighted by Gasteiger charge is -2.54. The van der Waals surface area contributed by atoms with Gasteiger partial charge >= 0.3 is 5.97 Å². The number of amides is 1. The van der Waals surface area contributed by atoms with Crippen LogP contribution in [0, 0.1) is 36.5 Å². The fourth-order valence-electron chi connectivity index (χ4n) is 9.39. The zero-order valence-corrected chi connectivity index (χ0v) is 36.9. The molecule has 0 radical (unpaired) electrons. The first kappa shape index (κ1) is 45.2. The van der Waals surface area contributed by atoms with Crippen molar-refractivity contribution in [2.45, 2.75) is 118 Å². The topological polar surface area (TPSA) is 192 Å². The number of piperidine rings is 1. The van der Waals surface area contributed by atoms with Crippen molar-refractivity contribution in [2.75, 3.05) is 38.7 Å². The minimum Gasteiger partial charge on any atom is -0.507 e. The minimum atomic E-state index is -1.01. The van der Waals surface area contributed by atoms with Gasteiger partial charge < -0.3 is 49.6 Å². The number of carbonyl (C=O) groups excluding carboxylic acids is 2. The number of phenols is 2. The van der Waals surface area contributed by atoms with E-state index in [-0.39, 0.29) is 74.2 Å². The van der Waals surface area contributed by atoms with Crippen LogP contribution >= 0.6 is 0 Å². The summed E-state index contributed by atoms with van der Waals surface area (Å²) < 4.78 is 24.0. The van der Waals surface area contributed by atoms with Gasteiger partial charge in [0.05, 0.1) is 54.0 Å². The summed E-state index contributed by atoms with van der Waals surface area (Å²) >= 11 is 0. The molecule has 2 fully saturated rings. The third-order valence-electron chi connectivity index (χ3n) is 13.3. The highest BCUT2D eigenvalue weighted by Gasteiger charge is 2.52. The number of methoxy groups -OCH3 is 1. The quantitative estimate of drug-likeness (QED) is 0.195. The molecule has 7 heterocycles. The molecule has 9 rings (SSSR count). The number of ether oxygens (including phenoxy) is 4. The lowest BCUT2D eigenvalue weighted by molar-refractivity contribution is -0.251. The van der Waals surface area contributed by atoms with Gasteiger partial charge in [-0.05, 0) is 39.7 Å². The van der Waals surface area contributed by atoms with Crippen LogP contribution in [0.3, 0.4) is 0 Å². The molecule has 1 spiro atoms. The number of allylic oxidation sites excluding steroid dienone is 2. The Balaban J connectivity index is 1.57. The van der Waals surface area contributed by atoms with E-state index in [1.54, 1.807) is 46.8 Å². The highest BCUT2D eigenvalue weighted by atomic mass is 16.5. The summed E-state index contributed by atoms with van der Waals surface area (Å²) in [6.07, 6.45) is 6.16. The van der Waals surface area contributed by atoms with Gasteiger partial charge in [-0.3, -0.25) is 9.79 Å². The van der Waals surface area contributed by atoms with Crippen molar-refractivity contribution in [1.82, 2.24) is 4.90 Å². The van der Waals surface area contributed by atoms with Crippen LogP contribution in [0.15, 0.2) is 46.1 Å². The molecule has 2 aromatic rings. The fraction of sp³-hybridized carbons (Fsp3) is 0.609. The van der Waals surface area contributed by atoms with E-state index in [4.69, 9.17) is 23.9 Å². The van der Waals surface area contributed by atoms with E-state index >= 15 is 0 Å².